The summed E-state index contributed by atoms with van der Waals surface area (Å²) in [7, 11) is 1.53. The Balaban J connectivity index is 1.48. The number of ether oxygens (including phenoxy) is 2. The summed E-state index contributed by atoms with van der Waals surface area (Å²) < 4.78 is 11.3. The van der Waals surface area contributed by atoms with Crippen molar-refractivity contribution in [1.29, 1.82) is 0 Å². The number of amides is 1. The molecule has 0 atom stereocenters. The molecule has 0 saturated carbocycles. The van der Waals surface area contributed by atoms with Crippen molar-refractivity contribution in [3.8, 4) is 11.5 Å². The fraction of sp³-hybridized carbons (Fsp3) is 0.120. The van der Waals surface area contributed by atoms with Crippen molar-refractivity contribution < 1.29 is 19.2 Å². The molecule has 35 heavy (non-hydrogen) atoms. The molecule has 1 aliphatic rings. The summed E-state index contributed by atoms with van der Waals surface area (Å²) in [5, 5.41) is 14.6. The van der Waals surface area contributed by atoms with Gasteiger partial charge in [0.2, 0.25) is 0 Å². The van der Waals surface area contributed by atoms with Crippen LogP contribution in [-0.2, 0) is 11.4 Å². The number of hydrogen-bond donors (Lipinski definition) is 1. The molecule has 0 unspecified atom stereocenters. The molecule has 1 saturated heterocycles. The fourth-order valence-electron chi connectivity index (χ4n) is 3.21. The molecule has 3 aromatic rings. The monoisotopic (exact) mass is 509 g/mol. The predicted molar refractivity (Wildman–Crippen MR) is 137 cm³/mol. The lowest BCUT2D eigenvalue weighted by Gasteiger charge is -2.11. The fourth-order valence-corrected chi connectivity index (χ4v) is 4.21. The third-order valence-electron chi connectivity index (χ3n) is 5.07. The standard InChI is InChI=1S/C25H20ClN3O5S/c1-15-3-7-18(26)13-20(15)27-25-28-24(30)23(35-25)12-17-6-10-21(22(11-17)33-2)34-14-16-4-8-19(9-5-16)29(31)32/h3-13H,14H2,1-2H3,(H,27,28,30)/b23-12-. The predicted octanol–water partition coefficient (Wildman–Crippen LogP) is 6.04. The van der Waals surface area contributed by atoms with E-state index in [1.165, 1.54) is 31.0 Å². The van der Waals surface area contributed by atoms with Crippen LogP contribution in [0.2, 0.25) is 5.02 Å². The first kappa shape index (κ1) is 24.3. The number of halogens is 1. The van der Waals surface area contributed by atoms with Gasteiger partial charge in [0.15, 0.2) is 16.7 Å². The number of nitrogens with zero attached hydrogens (tertiary/aromatic N) is 2. The first-order chi connectivity index (χ1) is 16.8. The highest BCUT2D eigenvalue weighted by molar-refractivity contribution is 8.18. The molecule has 1 aliphatic heterocycles. The van der Waals surface area contributed by atoms with Crippen LogP contribution in [0.4, 0.5) is 11.4 Å². The van der Waals surface area contributed by atoms with E-state index < -0.39 is 4.92 Å². The second kappa shape index (κ2) is 10.6. The number of hydrogen-bond acceptors (Lipinski definition) is 7. The Hall–Kier alpha value is -3.82. The molecule has 0 bridgehead atoms. The van der Waals surface area contributed by atoms with Crippen LogP contribution in [0.5, 0.6) is 11.5 Å². The second-order valence-corrected chi connectivity index (χ2v) is 9.00. The van der Waals surface area contributed by atoms with Crippen LogP contribution in [0.3, 0.4) is 0 Å². The summed E-state index contributed by atoms with van der Waals surface area (Å²) in [5.41, 5.74) is 3.20. The molecule has 178 valence electrons. The lowest BCUT2D eigenvalue weighted by Crippen LogP contribution is -2.19. The van der Waals surface area contributed by atoms with Gasteiger partial charge in [-0.3, -0.25) is 14.9 Å². The smallest absolute Gasteiger partial charge is 0.269 e. The Morgan fingerprint density at radius 3 is 2.60 bits per heavy atom. The Morgan fingerprint density at radius 1 is 1.11 bits per heavy atom. The molecular formula is C25H20ClN3O5S. The van der Waals surface area contributed by atoms with E-state index in [4.69, 9.17) is 21.1 Å². The number of nitro benzene ring substituents is 1. The van der Waals surface area contributed by atoms with Crippen LogP contribution >= 0.6 is 23.4 Å². The zero-order valence-corrected chi connectivity index (χ0v) is 20.4. The highest BCUT2D eigenvalue weighted by Gasteiger charge is 2.24. The summed E-state index contributed by atoms with van der Waals surface area (Å²) in [6.45, 7) is 2.14. The van der Waals surface area contributed by atoms with Crippen molar-refractivity contribution >= 4 is 51.9 Å². The quantitative estimate of drug-likeness (QED) is 0.237. The first-order valence-electron chi connectivity index (χ1n) is 10.4. The SMILES string of the molecule is COc1cc(/C=C2\SC(=Nc3cc(Cl)ccc3C)NC2=O)ccc1OCc1ccc([N+](=O)[O-])cc1. The van der Waals surface area contributed by atoms with E-state index in [1.807, 2.05) is 19.1 Å². The van der Waals surface area contributed by atoms with Gasteiger partial charge in [-0.25, -0.2) is 4.99 Å². The van der Waals surface area contributed by atoms with Crippen LogP contribution in [0.1, 0.15) is 16.7 Å². The Morgan fingerprint density at radius 2 is 1.89 bits per heavy atom. The van der Waals surface area contributed by atoms with E-state index in [9.17, 15) is 14.9 Å². The van der Waals surface area contributed by atoms with Gasteiger partial charge in [-0.15, -0.1) is 0 Å². The number of non-ortho nitro benzene ring substituents is 1. The van der Waals surface area contributed by atoms with E-state index in [-0.39, 0.29) is 18.2 Å². The molecule has 3 aromatic carbocycles. The normalized spacial score (nSPS) is 15.3. The molecule has 1 fully saturated rings. The molecule has 0 radical (unpaired) electrons. The molecule has 0 aliphatic carbocycles. The van der Waals surface area contributed by atoms with Crippen molar-refractivity contribution in [1.82, 2.24) is 5.32 Å². The average Bonchev–Trinajstić information content (AvgIpc) is 3.19. The minimum absolute atomic E-state index is 0.0217. The number of nitro groups is 1. The largest absolute Gasteiger partial charge is 0.493 e. The molecule has 10 heteroatoms. The highest BCUT2D eigenvalue weighted by atomic mass is 35.5. The first-order valence-corrected chi connectivity index (χ1v) is 11.6. The summed E-state index contributed by atoms with van der Waals surface area (Å²) in [6.07, 6.45) is 1.75. The molecule has 1 N–H and O–H groups in total. The summed E-state index contributed by atoms with van der Waals surface area (Å²) in [5.74, 6) is 0.759. The number of methoxy groups -OCH3 is 1. The van der Waals surface area contributed by atoms with Crippen LogP contribution in [0.15, 0.2) is 70.6 Å². The van der Waals surface area contributed by atoms with E-state index in [0.717, 1.165) is 16.7 Å². The zero-order valence-electron chi connectivity index (χ0n) is 18.8. The maximum Gasteiger partial charge on any atom is 0.269 e. The van der Waals surface area contributed by atoms with Crippen molar-refractivity contribution in [2.45, 2.75) is 13.5 Å². The third-order valence-corrected chi connectivity index (χ3v) is 6.22. The number of thioether (sulfide) groups is 1. The van der Waals surface area contributed by atoms with Gasteiger partial charge < -0.3 is 14.8 Å². The molecule has 0 aromatic heterocycles. The average molecular weight is 510 g/mol. The van der Waals surface area contributed by atoms with Gasteiger partial charge in [0.25, 0.3) is 11.6 Å². The van der Waals surface area contributed by atoms with E-state index >= 15 is 0 Å². The van der Waals surface area contributed by atoms with E-state index in [2.05, 4.69) is 10.3 Å². The van der Waals surface area contributed by atoms with Crippen molar-refractivity contribution in [3.63, 3.8) is 0 Å². The molecular weight excluding hydrogens is 490 g/mol. The number of carbonyl (C=O) groups is 1. The van der Waals surface area contributed by atoms with Gasteiger partial charge in [-0.1, -0.05) is 23.7 Å². The van der Waals surface area contributed by atoms with Gasteiger partial charge in [-0.2, -0.15) is 0 Å². The van der Waals surface area contributed by atoms with Crippen LogP contribution in [0, 0.1) is 17.0 Å². The minimum Gasteiger partial charge on any atom is -0.493 e. The van der Waals surface area contributed by atoms with Crippen LogP contribution in [-0.4, -0.2) is 23.1 Å². The van der Waals surface area contributed by atoms with Crippen molar-refractivity contribution in [3.05, 3.63) is 97.4 Å². The zero-order chi connectivity index (χ0) is 24.9. The van der Waals surface area contributed by atoms with Gasteiger partial charge in [0.1, 0.15) is 6.61 Å². The second-order valence-electron chi connectivity index (χ2n) is 7.54. The van der Waals surface area contributed by atoms with E-state index in [1.54, 1.807) is 42.5 Å². The number of carbonyl (C=O) groups excluding carboxylic acids is 1. The molecule has 1 amide bonds. The van der Waals surface area contributed by atoms with Gasteiger partial charge >= 0.3 is 0 Å². The summed E-state index contributed by atoms with van der Waals surface area (Å²) in [6, 6.07) is 16.9. The number of rotatable bonds is 7. The van der Waals surface area contributed by atoms with Gasteiger partial charge in [0, 0.05) is 17.2 Å². The van der Waals surface area contributed by atoms with Crippen molar-refractivity contribution in [2.24, 2.45) is 4.99 Å². The molecule has 4 rings (SSSR count). The number of aliphatic imine (C=N–C) groups is 1. The minimum atomic E-state index is -0.447. The number of aryl methyl sites for hydroxylation is 1. The number of benzene rings is 3. The molecule has 1 heterocycles. The van der Waals surface area contributed by atoms with E-state index in [0.29, 0.717) is 32.3 Å². The maximum absolute atomic E-state index is 12.5. The Kier molecular flexibility index (Phi) is 7.38. The number of amidine groups is 1. The van der Waals surface area contributed by atoms with Crippen molar-refractivity contribution in [2.75, 3.05) is 7.11 Å². The molecule has 0 spiro atoms. The Bertz CT molecular complexity index is 1360. The van der Waals surface area contributed by atoms with Gasteiger partial charge in [0.05, 0.1) is 22.6 Å². The van der Waals surface area contributed by atoms with Crippen LogP contribution in [0.25, 0.3) is 6.08 Å². The van der Waals surface area contributed by atoms with Crippen LogP contribution < -0.4 is 14.8 Å². The lowest BCUT2D eigenvalue weighted by atomic mass is 10.2. The number of nitrogens with one attached hydrogen (secondary N) is 1. The summed E-state index contributed by atoms with van der Waals surface area (Å²) >= 11 is 7.30. The maximum atomic E-state index is 12.5. The van der Waals surface area contributed by atoms with Gasteiger partial charge in [-0.05, 0) is 77.9 Å². The molecule has 8 nitrogen and oxygen atoms in total. The summed E-state index contributed by atoms with van der Waals surface area (Å²) in [4.78, 5) is 27.8. The lowest BCUT2D eigenvalue weighted by molar-refractivity contribution is -0.384. The third kappa shape index (κ3) is 6.00. The Labute approximate surface area is 210 Å². The highest BCUT2D eigenvalue weighted by Crippen LogP contribution is 2.33. The topological polar surface area (TPSA) is 103 Å².